The van der Waals surface area contributed by atoms with E-state index in [4.69, 9.17) is 23.7 Å². The Morgan fingerprint density at radius 1 is 1.06 bits per heavy atom. The van der Waals surface area contributed by atoms with Crippen molar-refractivity contribution in [2.75, 3.05) is 54.7 Å². The molecule has 0 spiro atoms. The lowest BCUT2D eigenvalue weighted by molar-refractivity contribution is -0.0721. The predicted octanol–water partition coefficient (Wildman–Crippen LogP) is 3.46. The van der Waals surface area contributed by atoms with Gasteiger partial charge in [-0.25, -0.2) is 0 Å². The zero-order valence-electron chi connectivity index (χ0n) is 19.7. The second kappa shape index (κ2) is 13.9. The Hall–Kier alpha value is -1.46. The summed E-state index contributed by atoms with van der Waals surface area (Å²) >= 11 is 0. The smallest absolute Gasteiger partial charge is 0.193 e. The first-order valence-corrected chi connectivity index (χ1v) is 11.2. The van der Waals surface area contributed by atoms with Crippen LogP contribution in [0.5, 0.6) is 17.2 Å². The van der Waals surface area contributed by atoms with Crippen molar-refractivity contribution in [1.29, 1.82) is 0 Å². The van der Waals surface area contributed by atoms with Crippen molar-refractivity contribution in [1.82, 2.24) is 10.2 Å². The van der Waals surface area contributed by atoms with Crippen molar-refractivity contribution >= 4 is 29.9 Å². The number of ether oxygens (including phenoxy) is 5. The third kappa shape index (κ3) is 7.28. The second-order valence-corrected chi connectivity index (χ2v) is 7.92. The summed E-state index contributed by atoms with van der Waals surface area (Å²) in [6.45, 7) is 3.95. The van der Waals surface area contributed by atoms with Crippen LogP contribution in [-0.2, 0) is 16.0 Å². The molecule has 1 aromatic carbocycles. The van der Waals surface area contributed by atoms with Gasteiger partial charge in [-0.05, 0) is 32.1 Å². The van der Waals surface area contributed by atoms with Crippen LogP contribution in [0.25, 0.3) is 0 Å². The van der Waals surface area contributed by atoms with E-state index in [-0.39, 0.29) is 30.1 Å². The largest absolute Gasteiger partial charge is 0.496 e. The fourth-order valence-corrected chi connectivity index (χ4v) is 4.17. The average molecular weight is 563 g/mol. The summed E-state index contributed by atoms with van der Waals surface area (Å²) in [7, 11) is 6.74. The summed E-state index contributed by atoms with van der Waals surface area (Å²) < 4.78 is 28.4. The topological polar surface area (TPSA) is 73.8 Å². The lowest BCUT2D eigenvalue weighted by Crippen LogP contribution is -2.47. The van der Waals surface area contributed by atoms with E-state index in [2.05, 4.69) is 15.2 Å². The van der Waals surface area contributed by atoms with Gasteiger partial charge in [0.15, 0.2) is 5.96 Å². The number of hydrogen-bond acceptors (Lipinski definition) is 6. The summed E-state index contributed by atoms with van der Waals surface area (Å²) in [5, 5.41) is 3.46. The zero-order valence-corrected chi connectivity index (χ0v) is 22.1. The monoisotopic (exact) mass is 563 g/mol. The fourth-order valence-electron chi connectivity index (χ4n) is 4.17. The minimum atomic E-state index is 0. The minimum absolute atomic E-state index is 0. The van der Waals surface area contributed by atoms with Crippen molar-refractivity contribution in [2.24, 2.45) is 4.99 Å². The Morgan fingerprint density at radius 2 is 1.75 bits per heavy atom. The van der Waals surface area contributed by atoms with Gasteiger partial charge < -0.3 is 33.9 Å². The Balaban J connectivity index is 0.00000363. The Bertz CT molecular complexity index is 695. The number of aliphatic imine (C=N–C) groups is 1. The minimum Gasteiger partial charge on any atom is -0.496 e. The number of nitrogens with one attached hydrogen (secondary N) is 1. The van der Waals surface area contributed by atoms with Crippen LogP contribution in [0, 0.1) is 0 Å². The van der Waals surface area contributed by atoms with Crippen LogP contribution in [0.2, 0.25) is 0 Å². The van der Waals surface area contributed by atoms with E-state index in [1.165, 1.54) is 12.8 Å². The van der Waals surface area contributed by atoms with Crippen LogP contribution in [-0.4, -0.2) is 77.7 Å². The molecule has 0 radical (unpaired) electrons. The highest BCUT2D eigenvalue weighted by Gasteiger charge is 2.24. The van der Waals surface area contributed by atoms with Crippen LogP contribution in [0.1, 0.15) is 37.7 Å². The fraction of sp³-hybridized carbons (Fsp3) is 0.696. The molecule has 0 saturated carbocycles. The van der Waals surface area contributed by atoms with Crippen molar-refractivity contribution < 1.29 is 23.7 Å². The molecular weight excluding hydrogens is 525 g/mol. The van der Waals surface area contributed by atoms with E-state index in [0.29, 0.717) is 25.0 Å². The van der Waals surface area contributed by atoms with Crippen molar-refractivity contribution in [3.05, 3.63) is 17.7 Å². The molecule has 2 fully saturated rings. The van der Waals surface area contributed by atoms with Crippen molar-refractivity contribution in [3.8, 4) is 17.2 Å². The summed E-state index contributed by atoms with van der Waals surface area (Å²) in [6, 6.07) is 3.72. The molecule has 0 aliphatic carbocycles. The van der Waals surface area contributed by atoms with Gasteiger partial charge >= 0.3 is 0 Å². The number of nitrogens with zero attached hydrogens (tertiary/aromatic N) is 2. The Morgan fingerprint density at radius 3 is 2.28 bits per heavy atom. The molecule has 2 heterocycles. The zero-order chi connectivity index (χ0) is 22.1. The highest BCUT2D eigenvalue weighted by atomic mass is 127. The van der Waals surface area contributed by atoms with E-state index in [9.17, 15) is 0 Å². The van der Waals surface area contributed by atoms with Crippen LogP contribution < -0.4 is 19.5 Å². The second-order valence-electron chi connectivity index (χ2n) is 7.92. The maximum absolute atomic E-state index is 6.14. The number of halogens is 1. The van der Waals surface area contributed by atoms with Gasteiger partial charge in [0, 0.05) is 38.9 Å². The number of likely N-dealkylation sites (tertiary alicyclic amines) is 1. The molecule has 2 aliphatic heterocycles. The van der Waals surface area contributed by atoms with Gasteiger partial charge in [0.2, 0.25) is 0 Å². The Labute approximate surface area is 209 Å². The molecule has 2 aliphatic rings. The highest BCUT2D eigenvalue weighted by Crippen LogP contribution is 2.34. The van der Waals surface area contributed by atoms with Gasteiger partial charge in [-0.2, -0.15) is 0 Å². The molecule has 1 N–H and O–H groups in total. The number of guanidine groups is 1. The van der Waals surface area contributed by atoms with E-state index in [0.717, 1.165) is 62.0 Å². The number of benzene rings is 1. The van der Waals surface area contributed by atoms with Gasteiger partial charge in [0.1, 0.15) is 17.2 Å². The van der Waals surface area contributed by atoms with Gasteiger partial charge in [-0.1, -0.05) is 0 Å². The number of rotatable bonds is 8. The normalized spacial score (nSPS) is 19.8. The van der Waals surface area contributed by atoms with E-state index < -0.39 is 0 Å². The van der Waals surface area contributed by atoms with Crippen LogP contribution >= 0.6 is 24.0 Å². The number of piperidine rings is 1. The third-order valence-electron chi connectivity index (χ3n) is 5.99. The highest BCUT2D eigenvalue weighted by molar-refractivity contribution is 14.0. The molecule has 0 aromatic heterocycles. The first kappa shape index (κ1) is 26.8. The maximum Gasteiger partial charge on any atom is 0.193 e. The first-order chi connectivity index (χ1) is 15.2. The van der Waals surface area contributed by atoms with Crippen LogP contribution in [0.3, 0.4) is 0 Å². The molecule has 2 saturated heterocycles. The van der Waals surface area contributed by atoms with E-state index in [1.807, 2.05) is 19.2 Å². The molecule has 0 amide bonds. The molecule has 1 unspecified atom stereocenters. The van der Waals surface area contributed by atoms with E-state index in [1.54, 1.807) is 21.3 Å². The molecule has 9 heteroatoms. The Kier molecular flexibility index (Phi) is 11.7. The lowest BCUT2D eigenvalue weighted by Gasteiger charge is -2.35. The summed E-state index contributed by atoms with van der Waals surface area (Å²) in [6.07, 6.45) is 6.09. The predicted molar refractivity (Wildman–Crippen MR) is 136 cm³/mol. The van der Waals surface area contributed by atoms with Gasteiger partial charge in [0.25, 0.3) is 0 Å². The maximum atomic E-state index is 6.14. The molecule has 0 bridgehead atoms. The summed E-state index contributed by atoms with van der Waals surface area (Å²) in [5.41, 5.74) is 0.928. The van der Waals surface area contributed by atoms with Gasteiger partial charge in [-0.3, -0.25) is 4.99 Å². The van der Waals surface area contributed by atoms with Crippen LogP contribution in [0.15, 0.2) is 17.1 Å². The van der Waals surface area contributed by atoms with Gasteiger partial charge in [-0.15, -0.1) is 24.0 Å². The lowest BCUT2D eigenvalue weighted by atomic mass is 10.1. The summed E-state index contributed by atoms with van der Waals surface area (Å²) in [4.78, 5) is 6.76. The van der Waals surface area contributed by atoms with Crippen molar-refractivity contribution in [3.63, 3.8) is 0 Å². The van der Waals surface area contributed by atoms with Gasteiger partial charge in [0.05, 0.1) is 52.3 Å². The molecule has 3 rings (SSSR count). The quantitative estimate of drug-likeness (QED) is 0.295. The van der Waals surface area contributed by atoms with Crippen LogP contribution in [0.4, 0.5) is 0 Å². The third-order valence-corrected chi connectivity index (χ3v) is 5.99. The number of methoxy groups -OCH3 is 3. The first-order valence-electron chi connectivity index (χ1n) is 11.2. The standard InChI is InChI=1S/C23H37N3O5.HI/c1-24-23(25-15-20-21(28-3)13-19(27-2)14-22(20)29-4)26-10-8-17(9-11-26)31-16-18-7-5-6-12-30-18;/h13-14,17-18H,5-12,15-16H2,1-4H3,(H,24,25);1H. The summed E-state index contributed by atoms with van der Waals surface area (Å²) in [5.74, 6) is 3.00. The molecular formula is C23H38IN3O5. The van der Waals surface area contributed by atoms with E-state index >= 15 is 0 Å². The molecule has 8 nitrogen and oxygen atoms in total. The number of hydrogen-bond donors (Lipinski definition) is 1. The molecule has 1 aromatic rings. The average Bonchev–Trinajstić information content (AvgIpc) is 2.84. The van der Waals surface area contributed by atoms with Crippen molar-refractivity contribution in [2.45, 2.75) is 50.9 Å². The molecule has 1 atom stereocenters. The SMILES string of the molecule is CN=C(NCc1c(OC)cc(OC)cc1OC)N1CCC(OCC2CCCCO2)CC1.I. The molecule has 182 valence electrons. The molecule has 32 heavy (non-hydrogen) atoms.